The Morgan fingerprint density at radius 3 is 2.21 bits per heavy atom. The molecule has 1 heterocycles. The number of carbonyl (C=O) groups excluding carboxylic acids is 3. The third-order valence-corrected chi connectivity index (χ3v) is 6.39. The summed E-state index contributed by atoms with van der Waals surface area (Å²) in [6.07, 6.45) is 0. The van der Waals surface area contributed by atoms with E-state index in [2.05, 4.69) is 0 Å². The molecule has 0 aromatic heterocycles. The molecule has 1 saturated heterocycles. The molecule has 0 radical (unpaired) electrons. The number of benzene rings is 4. The van der Waals surface area contributed by atoms with Crippen molar-refractivity contribution in [2.24, 2.45) is 0 Å². The Hall–Kier alpha value is -4.32. The maximum Gasteiger partial charge on any atom is 0.335 e. The number of amides is 4. The van der Waals surface area contributed by atoms with Gasteiger partial charge in [-0.25, -0.2) is 9.18 Å². The van der Waals surface area contributed by atoms with E-state index in [4.69, 9.17) is 0 Å². The van der Waals surface area contributed by atoms with Crippen LogP contribution < -0.4 is 0 Å². The van der Waals surface area contributed by atoms with Gasteiger partial charge in [-0.05, 0) is 47.0 Å². The van der Waals surface area contributed by atoms with Crippen LogP contribution in [0.15, 0.2) is 97.1 Å². The third-order valence-electron chi connectivity index (χ3n) is 6.39. The largest absolute Gasteiger partial charge is 0.335 e. The minimum atomic E-state index is -1.41. The van der Waals surface area contributed by atoms with E-state index in [0.29, 0.717) is 16.5 Å². The standard InChI is InChI=1S/C28H21FN2O3/c1-28(21-10-3-2-4-11-21)26(33)31(27(34)30(28)18-19-14-16-22(29)17-15-19)25(32)24-13-7-9-20-8-5-6-12-23(20)24/h2-17H,18H2,1H3. The van der Waals surface area contributed by atoms with Gasteiger partial charge in [-0.2, -0.15) is 4.90 Å². The second-order valence-corrected chi connectivity index (χ2v) is 8.41. The van der Waals surface area contributed by atoms with Crippen molar-refractivity contribution in [3.05, 3.63) is 120 Å². The minimum absolute atomic E-state index is 0.0373. The van der Waals surface area contributed by atoms with E-state index >= 15 is 0 Å². The van der Waals surface area contributed by atoms with Gasteiger partial charge in [0.15, 0.2) is 0 Å². The van der Waals surface area contributed by atoms with Crippen LogP contribution in [0.2, 0.25) is 0 Å². The Kier molecular flexibility index (Phi) is 5.21. The van der Waals surface area contributed by atoms with Crippen molar-refractivity contribution >= 4 is 28.6 Å². The van der Waals surface area contributed by atoms with Gasteiger partial charge in [-0.1, -0.05) is 78.9 Å². The van der Waals surface area contributed by atoms with Crippen LogP contribution in [-0.2, 0) is 16.9 Å². The molecule has 0 N–H and O–H groups in total. The highest BCUT2D eigenvalue weighted by atomic mass is 19.1. The molecule has 0 bridgehead atoms. The lowest BCUT2D eigenvalue weighted by molar-refractivity contribution is -0.131. The Balaban J connectivity index is 1.61. The van der Waals surface area contributed by atoms with E-state index < -0.39 is 29.2 Å². The zero-order valence-corrected chi connectivity index (χ0v) is 18.4. The molecule has 5 rings (SSSR count). The monoisotopic (exact) mass is 452 g/mol. The number of hydrogen-bond acceptors (Lipinski definition) is 3. The van der Waals surface area contributed by atoms with Gasteiger partial charge < -0.3 is 4.90 Å². The summed E-state index contributed by atoms with van der Waals surface area (Å²) in [6, 6.07) is 26.5. The number of carbonyl (C=O) groups is 3. The number of hydrogen-bond donors (Lipinski definition) is 0. The molecule has 1 unspecified atom stereocenters. The topological polar surface area (TPSA) is 57.7 Å². The number of urea groups is 1. The molecule has 1 atom stereocenters. The molecule has 4 aromatic rings. The van der Waals surface area contributed by atoms with Crippen LogP contribution in [-0.4, -0.2) is 27.6 Å². The first-order valence-corrected chi connectivity index (χ1v) is 10.9. The molecule has 1 fully saturated rings. The van der Waals surface area contributed by atoms with Crippen molar-refractivity contribution in [3.63, 3.8) is 0 Å². The summed E-state index contributed by atoms with van der Waals surface area (Å²) in [5.74, 6) is -1.69. The molecular weight excluding hydrogens is 431 g/mol. The van der Waals surface area contributed by atoms with Gasteiger partial charge in [0.2, 0.25) is 0 Å². The van der Waals surface area contributed by atoms with E-state index in [9.17, 15) is 18.8 Å². The summed E-state index contributed by atoms with van der Waals surface area (Å²) >= 11 is 0. The molecule has 0 spiro atoms. The van der Waals surface area contributed by atoms with Crippen LogP contribution in [0, 0.1) is 5.82 Å². The predicted molar refractivity (Wildman–Crippen MR) is 126 cm³/mol. The smallest absolute Gasteiger partial charge is 0.301 e. The van der Waals surface area contributed by atoms with E-state index in [1.165, 1.54) is 17.0 Å². The Morgan fingerprint density at radius 1 is 0.824 bits per heavy atom. The van der Waals surface area contributed by atoms with Crippen molar-refractivity contribution < 1.29 is 18.8 Å². The average Bonchev–Trinajstić information content (AvgIpc) is 3.06. The van der Waals surface area contributed by atoms with Crippen LogP contribution >= 0.6 is 0 Å². The lowest BCUT2D eigenvalue weighted by Crippen LogP contribution is -2.44. The van der Waals surface area contributed by atoms with Gasteiger partial charge >= 0.3 is 6.03 Å². The van der Waals surface area contributed by atoms with Crippen LogP contribution in [0.25, 0.3) is 10.8 Å². The molecule has 0 aliphatic carbocycles. The average molecular weight is 452 g/mol. The lowest BCUT2D eigenvalue weighted by Gasteiger charge is -2.32. The maximum absolute atomic E-state index is 13.8. The molecular formula is C28H21FN2O3. The second-order valence-electron chi connectivity index (χ2n) is 8.41. The van der Waals surface area contributed by atoms with Crippen LogP contribution in [0.5, 0.6) is 0 Å². The van der Waals surface area contributed by atoms with Gasteiger partial charge in [0.1, 0.15) is 11.4 Å². The van der Waals surface area contributed by atoms with Gasteiger partial charge in [-0.15, -0.1) is 0 Å². The minimum Gasteiger partial charge on any atom is -0.301 e. The van der Waals surface area contributed by atoms with E-state index in [0.717, 1.165) is 10.3 Å². The number of nitrogens with zero attached hydrogens (tertiary/aromatic N) is 2. The summed E-state index contributed by atoms with van der Waals surface area (Å²) in [5.41, 5.74) is 0.0964. The van der Waals surface area contributed by atoms with Crippen molar-refractivity contribution in [3.8, 4) is 0 Å². The van der Waals surface area contributed by atoms with Gasteiger partial charge in [0.05, 0.1) is 0 Å². The van der Waals surface area contributed by atoms with Crippen LogP contribution in [0.3, 0.4) is 0 Å². The first-order valence-electron chi connectivity index (χ1n) is 10.9. The fourth-order valence-corrected chi connectivity index (χ4v) is 4.48. The van der Waals surface area contributed by atoms with Gasteiger partial charge in [0.25, 0.3) is 11.8 Å². The Labute approximate surface area is 196 Å². The number of rotatable bonds is 4. The normalized spacial score (nSPS) is 18.1. The fourth-order valence-electron chi connectivity index (χ4n) is 4.48. The Bertz CT molecular complexity index is 1410. The third kappa shape index (κ3) is 3.35. The quantitative estimate of drug-likeness (QED) is 0.304. The van der Waals surface area contributed by atoms with Crippen molar-refractivity contribution in [1.82, 2.24) is 9.80 Å². The van der Waals surface area contributed by atoms with E-state index in [-0.39, 0.29) is 12.1 Å². The molecule has 168 valence electrons. The molecule has 1 aliphatic heterocycles. The summed E-state index contributed by atoms with van der Waals surface area (Å²) in [5, 5.41) is 1.50. The molecule has 4 amide bonds. The molecule has 0 saturated carbocycles. The van der Waals surface area contributed by atoms with Gasteiger partial charge in [-0.3, -0.25) is 9.59 Å². The Morgan fingerprint density at radius 2 is 1.47 bits per heavy atom. The molecule has 1 aliphatic rings. The van der Waals surface area contributed by atoms with Crippen molar-refractivity contribution in [2.75, 3.05) is 0 Å². The van der Waals surface area contributed by atoms with Crippen LogP contribution in [0.1, 0.15) is 28.4 Å². The number of halogens is 1. The lowest BCUT2D eigenvalue weighted by atomic mass is 9.90. The summed E-state index contributed by atoms with van der Waals surface area (Å²) in [6.45, 7) is 1.68. The summed E-state index contributed by atoms with van der Waals surface area (Å²) in [4.78, 5) is 43.3. The highest BCUT2D eigenvalue weighted by molar-refractivity contribution is 6.24. The maximum atomic E-state index is 13.8. The van der Waals surface area contributed by atoms with Gasteiger partial charge in [0, 0.05) is 12.1 Å². The SMILES string of the molecule is CC1(c2ccccc2)C(=O)N(C(=O)c2cccc3ccccc23)C(=O)N1Cc1ccc(F)cc1. The first kappa shape index (κ1) is 21.5. The van der Waals surface area contributed by atoms with E-state index in [1.54, 1.807) is 61.5 Å². The molecule has 4 aromatic carbocycles. The summed E-state index contributed by atoms with van der Waals surface area (Å²) < 4.78 is 13.5. The van der Waals surface area contributed by atoms with E-state index in [1.807, 2.05) is 30.3 Å². The second kappa shape index (κ2) is 8.23. The first-order chi connectivity index (χ1) is 16.4. The fraction of sp³-hybridized carbons (Fsp3) is 0.107. The highest BCUT2D eigenvalue weighted by Gasteiger charge is 2.57. The number of fused-ring (bicyclic) bond motifs is 1. The number of imide groups is 3. The summed E-state index contributed by atoms with van der Waals surface area (Å²) in [7, 11) is 0. The highest BCUT2D eigenvalue weighted by Crippen LogP contribution is 2.39. The zero-order valence-electron chi connectivity index (χ0n) is 18.4. The predicted octanol–water partition coefficient (Wildman–Crippen LogP) is 5.50. The molecule has 5 nitrogen and oxygen atoms in total. The van der Waals surface area contributed by atoms with Crippen molar-refractivity contribution in [2.45, 2.75) is 19.0 Å². The zero-order chi connectivity index (χ0) is 23.9. The van der Waals surface area contributed by atoms with Crippen LogP contribution in [0.4, 0.5) is 9.18 Å². The van der Waals surface area contributed by atoms with Crippen molar-refractivity contribution in [1.29, 1.82) is 0 Å². The molecule has 34 heavy (non-hydrogen) atoms. The molecule has 6 heteroatoms.